The number of carboxylic acid groups (broad SMARTS) is 1. The lowest BCUT2D eigenvalue weighted by atomic mass is 9.87. The van der Waals surface area contributed by atoms with E-state index in [1.54, 1.807) is 4.90 Å². The molecule has 2 rings (SSSR count). The van der Waals surface area contributed by atoms with E-state index in [0.717, 1.165) is 12.8 Å². The maximum absolute atomic E-state index is 12.4. The molecule has 0 aromatic heterocycles. The third-order valence-corrected chi connectivity index (χ3v) is 5.23. The minimum Gasteiger partial charge on any atom is -0.481 e. The molecule has 1 unspecified atom stereocenters. The zero-order valence-electron chi connectivity index (χ0n) is 14.5. The summed E-state index contributed by atoms with van der Waals surface area (Å²) in [4.78, 5) is 25.6. The van der Waals surface area contributed by atoms with Crippen LogP contribution < -0.4 is 0 Å². The summed E-state index contributed by atoms with van der Waals surface area (Å²) in [6, 6.07) is 0.149. The molecule has 1 amide bonds. The highest BCUT2D eigenvalue weighted by Gasteiger charge is 2.65. The minimum absolute atomic E-state index is 0.149. The number of aliphatic carboxylic acids is 1. The van der Waals surface area contributed by atoms with Gasteiger partial charge in [-0.3, -0.25) is 4.79 Å². The van der Waals surface area contributed by atoms with Crippen LogP contribution in [0.4, 0.5) is 4.79 Å². The molecule has 1 N–H and O–H groups in total. The molecule has 5 nitrogen and oxygen atoms in total. The van der Waals surface area contributed by atoms with Gasteiger partial charge in [-0.15, -0.1) is 0 Å². The normalized spacial score (nSPS) is 34.2. The Balaban J connectivity index is 2.06. The molecule has 126 valence electrons. The van der Waals surface area contributed by atoms with Crippen molar-refractivity contribution in [1.29, 1.82) is 0 Å². The van der Waals surface area contributed by atoms with E-state index in [-0.39, 0.29) is 35.3 Å². The molecular weight excluding hydrogens is 282 g/mol. The standard InChI is InChI=1S/C17H29NO4/c1-10-7-8-11(12-13(14(19)20)17(12,5)6)9-18(10)15(21)22-16(2,3)4/h10-13H,7-9H2,1-6H3,(H,19,20)/t10-,11?,12-,13+/m1/s1. The molecule has 22 heavy (non-hydrogen) atoms. The van der Waals surface area contributed by atoms with E-state index < -0.39 is 11.6 Å². The monoisotopic (exact) mass is 311 g/mol. The van der Waals surface area contributed by atoms with Gasteiger partial charge < -0.3 is 14.7 Å². The molecule has 1 aliphatic carbocycles. The number of likely N-dealkylation sites (tertiary alicyclic amines) is 1. The molecule has 0 aromatic rings. The van der Waals surface area contributed by atoms with Gasteiger partial charge in [-0.25, -0.2) is 4.79 Å². The molecule has 1 aliphatic heterocycles. The van der Waals surface area contributed by atoms with Crippen molar-refractivity contribution in [1.82, 2.24) is 4.90 Å². The molecule has 0 bridgehead atoms. The van der Waals surface area contributed by atoms with E-state index in [9.17, 15) is 14.7 Å². The zero-order chi connectivity index (χ0) is 16.9. The van der Waals surface area contributed by atoms with Crippen LogP contribution in [0.3, 0.4) is 0 Å². The van der Waals surface area contributed by atoms with Crippen LogP contribution in [-0.4, -0.2) is 40.3 Å². The largest absolute Gasteiger partial charge is 0.481 e. The number of carbonyl (C=O) groups excluding carboxylic acids is 1. The third kappa shape index (κ3) is 3.23. The Kier molecular flexibility index (Phi) is 4.22. The van der Waals surface area contributed by atoms with Gasteiger partial charge in [0, 0.05) is 12.6 Å². The fourth-order valence-electron chi connectivity index (χ4n) is 4.03. The molecular formula is C17H29NO4. The Labute approximate surface area is 133 Å². The van der Waals surface area contributed by atoms with E-state index in [4.69, 9.17) is 4.74 Å². The molecule has 0 radical (unpaired) electrons. The Hall–Kier alpha value is -1.26. The van der Waals surface area contributed by atoms with Gasteiger partial charge in [0.05, 0.1) is 5.92 Å². The van der Waals surface area contributed by atoms with Crippen molar-refractivity contribution >= 4 is 12.1 Å². The van der Waals surface area contributed by atoms with Crippen LogP contribution >= 0.6 is 0 Å². The second-order valence-corrected chi connectivity index (χ2v) is 8.48. The quantitative estimate of drug-likeness (QED) is 0.849. The molecule has 0 aromatic carbocycles. The second-order valence-electron chi connectivity index (χ2n) is 8.48. The SMILES string of the molecule is C[C@@H]1CCC([C@@H]2[C@@H](C(=O)O)C2(C)C)CN1C(=O)OC(C)(C)C. The lowest BCUT2D eigenvalue weighted by Crippen LogP contribution is -2.48. The van der Waals surface area contributed by atoms with Crippen LogP contribution in [0.1, 0.15) is 54.4 Å². The molecule has 1 heterocycles. The summed E-state index contributed by atoms with van der Waals surface area (Å²) in [5, 5.41) is 9.36. The lowest BCUT2D eigenvalue weighted by molar-refractivity contribution is -0.139. The average Bonchev–Trinajstić information content (AvgIpc) is 2.90. The van der Waals surface area contributed by atoms with Crippen LogP contribution in [0.15, 0.2) is 0 Å². The van der Waals surface area contributed by atoms with E-state index in [1.807, 2.05) is 41.5 Å². The predicted octanol–water partition coefficient (Wildman–Crippen LogP) is 3.38. The summed E-state index contributed by atoms with van der Waals surface area (Å²) in [5.74, 6) is -0.592. The number of nitrogens with zero attached hydrogens (tertiary/aromatic N) is 1. The molecule has 1 saturated carbocycles. The van der Waals surface area contributed by atoms with E-state index >= 15 is 0 Å². The highest BCUT2D eigenvalue weighted by molar-refractivity contribution is 5.75. The number of hydrogen-bond donors (Lipinski definition) is 1. The summed E-state index contributed by atoms with van der Waals surface area (Å²) in [6.45, 7) is 12.3. The van der Waals surface area contributed by atoms with Crippen LogP contribution in [0.2, 0.25) is 0 Å². The van der Waals surface area contributed by atoms with Crippen LogP contribution in [0.25, 0.3) is 0 Å². The number of piperidine rings is 1. The number of hydrogen-bond acceptors (Lipinski definition) is 3. The van der Waals surface area contributed by atoms with E-state index in [1.165, 1.54) is 0 Å². The summed E-state index contributed by atoms with van der Waals surface area (Å²) < 4.78 is 5.49. The number of carboxylic acids is 1. The van der Waals surface area contributed by atoms with E-state index in [0.29, 0.717) is 6.54 Å². The second kappa shape index (κ2) is 5.43. The summed E-state index contributed by atoms with van der Waals surface area (Å²) in [5.41, 5.74) is -0.678. The number of amides is 1. The Bertz CT molecular complexity index is 466. The molecule has 0 spiro atoms. The first kappa shape index (κ1) is 17.1. The van der Waals surface area contributed by atoms with Crippen molar-refractivity contribution in [2.45, 2.75) is 66.0 Å². The van der Waals surface area contributed by atoms with Crippen molar-refractivity contribution in [3.05, 3.63) is 0 Å². The Morgan fingerprint density at radius 2 is 1.82 bits per heavy atom. The first-order chi connectivity index (χ1) is 9.95. The molecule has 4 atom stereocenters. The molecule has 5 heteroatoms. The van der Waals surface area contributed by atoms with E-state index in [2.05, 4.69) is 0 Å². The smallest absolute Gasteiger partial charge is 0.410 e. The lowest BCUT2D eigenvalue weighted by Gasteiger charge is -2.39. The zero-order valence-corrected chi connectivity index (χ0v) is 14.5. The van der Waals surface area contributed by atoms with Gasteiger partial charge in [0.25, 0.3) is 0 Å². The summed E-state index contributed by atoms with van der Waals surface area (Å²) in [6.07, 6.45) is 1.61. The predicted molar refractivity (Wildman–Crippen MR) is 83.5 cm³/mol. The van der Waals surface area contributed by atoms with Crippen LogP contribution in [0.5, 0.6) is 0 Å². The molecule has 1 saturated heterocycles. The van der Waals surface area contributed by atoms with Gasteiger partial charge in [0.15, 0.2) is 0 Å². The number of ether oxygens (including phenoxy) is 1. The highest BCUT2D eigenvalue weighted by atomic mass is 16.6. The van der Waals surface area contributed by atoms with Crippen LogP contribution in [-0.2, 0) is 9.53 Å². The molecule has 2 fully saturated rings. The highest BCUT2D eigenvalue weighted by Crippen LogP contribution is 2.63. The summed E-state index contributed by atoms with van der Waals surface area (Å²) in [7, 11) is 0. The van der Waals surface area contributed by atoms with Gasteiger partial charge in [-0.2, -0.15) is 0 Å². The van der Waals surface area contributed by atoms with Crippen molar-refractivity contribution < 1.29 is 19.4 Å². The van der Waals surface area contributed by atoms with Crippen molar-refractivity contribution in [2.75, 3.05) is 6.54 Å². The maximum Gasteiger partial charge on any atom is 0.410 e. The van der Waals surface area contributed by atoms with Crippen LogP contribution in [0, 0.1) is 23.2 Å². The third-order valence-electron chi connectivity index (χ3n) is 5.23. The first-order valence-electron chi connectivity index (χ1n) is 8.17. The van der Waals surface area contributed by atoms with Crippen molar-refractivity contribution in [3.63, 3.8) is 0 Å². The minimum atomic E-state index is -0.711. The summed E-state index contributed by atoms with van der Waals surface area (Å²) >= 11 is 0. The Morgan fingerprint density at radius 1 is 1.23 bits per heavy atom. The van der Waals surface area contributed by atoms with Crippen molar-refractivity contribution in [2.24, 2.45) is 23.2 Å². The number of rotatable bonds is 2. The molecule has 2 aliphatic rings. The van der Waals surface area contributed by atoms with Crippen molar-refractivity contribution in [3.8, 4) is 0 Å². The van der Waals surface area contributed by atoms with Gasteiger partial charge in [0.2, 0.25) is 0 Å². The van der Waals surface area contributed by atoms with Gasteiger partial charge in [-0.05, 0) is 57.8 Å². The Morgan fingerprint density at radius 3 is 2.27 bits per heavy atom. The first-order valence-corrected chi connectivity index (χ1v) is 8.17. The van der Waals surface area contributed by atoms with Gasteiger partial charge in [-0.1, -0.05) is 13.8 Å². The topological polar surface area (TPSA) is 66.8 Å². The average molecular weight is 311 g/mol. The fourth-order valence-corrected chi connectivity index (χ4v) is 4.03. The van der Waals surface area contributed by atoms with Gasteiger partial charge in [0.1, 0.15) is 5.60 Å². The van der Waals surface area contributed by atoms with Gasteiger partial charge >= 0.3 is 12.1 Å². The number of carbonyl (C=O) groups is 2. The maximum atomic E-state index is 12.4. The fraction of sp³-hybridized carbons (Fsp3) is 0.882.